The van der Waals surface area contributed by atoms with Crippen molar-refractivity contribution in [2.24, 2.45) is 0 Å². The van der Waals surface area contributed by atoms with Gasteiger partial charge in [-0.25, -0.2) is 0 Å². The lowest BCUT2D eigenvalue weighted by atomic mass is 9.84. The zero-order valence-corrected chi connectivity index (χ0v) is 12.6. The third-order valence-electron chi connectivity index (χ3n) is 5.38. The van der Waals surface area contributed by atoms with Crippen LogP contribution in [0.4, 0.5) is 0 Å². The third kappa shape index (κ3) is 2.64. The fourth-order valence-electron chi connectivity index (χ4n) is 4.15. The van der Waals surface area contributed by atoms with Gasteiger partial charge >= 0.3 is 0 Å². The van der Waals surface area contributed by atoms with Crippen molar-refractivity contribution in [3.8, 4) is 0 Å². The first-order chi connectivity index (χ1) is 9.71. The van der Waals surface area contributed by atoms with E-state index in [1.54, 1.807) is 0 Å². The van der Waals surface area contributed by atoms with Gasteiger partial charge in [-0.05, 0) is 51.3 Å². The Morgan fingerprint density at radius 2 is 1.65 bits per heavy atom. The molecule has 2 aliphatic rings. The van der Waals surface area contributed by atoms with Crippen LogP contribution in [0.2, 0.25) is 0 Å². The van der Waals surface area contributed by atoms with E-state index in [9.17, 15) is 5.11 Å². The molecule has 110 valence electrons. The Bertz CT molecular complexity index is 427. The minimum atomic E-state index is -0.217. The Morgan fingerprint density at radius 1 is 1.05 bits per heavy atom. The van der Waals surface area contributed by atoms with Crippen LogP contribution in [0.5, 0.6) is 0 Å². The average molecular weight is 273 g/mol. The van der Waals surface area contributed by atoms with E-state index in [4.69, 9.17) is 0 Å². The minimum Gasteiger partial charge on any atom is -0.391 e. The zero-order valence-electron chi connectivity index (χ0n) is 12.6. The lowest BCUT2D eigenvalue weighted by Gasteiger charge is -2.42. The second kappa shape index (κ2) is 5.87. The summed E-state index contributed by atoms with van der Waals surface area (Å²) >= 11 is 0. The molecular formula is C18H27NO. The van der Waals surface area contributed by atoms with Crippen molar-refractivity contribution in [1.29, 1.82) is 0 Å². The van der Waals surface area contributed by atoms with Crippen molar-refractivity contribution in [2.45, 2.75) is 63.5 Å². The highest BCUT2D eigenvalue weighted by molar-refractivity contribution is 5.23. The topological polar surface area (TPSA) is 23.5 Å². The second-order valence-corrected chi connectivity index (χ2v) is 6.71. The Balaban J connectivity index is 1.75. The largest absolute Gasteiger partial charge is 0.391 e. The molecule has 0 amide bonds. The molecular weight excluding hydrogens is 246 g/mol. The Morgan fingerprint density at radius 3 is 2.25 bits per heavy atom. The number of benzene rings is 1. The molecule has 1 heterocycles. The standard InChI is InChI=1S/C18H27NO/c1-15-6-8-16(9-7-15)14-17(20)18(10-2-3-11-18)19-12-4-5-13-19/h6-9,17,20H,2-5,10-14H2,1H3. The summed E-state index contributed by atoms with van der Waals surface area (Å²) in [7, 11) is 0. The molecule has 1 saturated heterocycles. The third-order valence-corrected chi connectivity index (χ3v) is 5.38. The molecule has 2 fully saturated rings. The fourth-order valence-corrected chi connectivity index (χ4v) is 4.15. The molecule has 0 bridgehead atoms. The van der Waals surface area contributed by atoms with Gasteiger partial charge < -0.3 is 5.11 Å². The number of aryl methyl sites for hydroxylation is 1. The predicted molar refractivity (Wildman–Crippen MR) is 82.9 cm³/mol. The van der Waals surface area contributed by atoms with Crippen molar-refractivity contribution in [3.05, 3.63) is 35.4 Å². The van der Waals surface area contributed by atoms with E-state index < -0.39 is 0 Å². The predicted octanol–water partition coefficient (Wildman–Crippen LogP) is 3.31. The van der Waals surface area contributed by atoms with Crippen LogP contribution < -0.4 is 0 Å². The molecule has 1 aliphatic heterocycles. The molecule has 2 nitrogen and oxygen atoms in total. The first kappa shape index (κ1) is 14.1. The average Bonchev–Trinajstić information content (AvgIpc) is 3.12. The summed E-state index contributed by atoms with van der Waals surface area (Å²) in [6.07, 6.45) is 8.11. The summed E-state index contributed by atoms with van der Waals surface area (Å²) in [6.45, 7) is 4.48. The molecule has 3 rings (SSSR count). The highest BCUT2D eigenvalue weighted by Crippen LogP contribution is 2.40. The maximum atomic E-state index is 10.9. The van der Waals surface area contributed by atoms with Crippen LogP contribution >= 0.6 is 0 Å². The summed E-state index contributed by atoms with van der Waals surface area (Å²) in [6, 6.07) is 8.65. The van der Waals surface area contributed by atoms with E-state index in [0.717, 1.165) is 6.42 Å². The van der Waals surface area contributed by atoms with Gasteiger partial charge in [0.1, 0.15) is 0 Å². The number of hydrogen-bond acceptors (Lipinski definition) is 2. The Hall–Kier alpha value is -0.860. The zero-order chi connectivity index (χ0) is 14.0. The van der Waals surface area contributed by atoms with Crippen LogP contribution in [0.1, 0.15) is 49.7 Å². The van der Waals surface area contributed by atoms with E-state index in [-0.39, 0.29) is 11.6 Å². The first-order valence-corrected chi connectivity index (χ1v) is 8.19. The van der Waals surface area contributed by atoms with E-state index >= 15 is 0 Å². The number of likely N-dealkylation sites (tertiary alicyclic amines) is 1. The number of rotatable bonds is 4. The van der Waals surface area contributed by atoms with Crippen LogP contribution in [-0.4, -0.2) is 34.7 Å². The normalized spacial score (nSPS) is 24.1. The van der Waals surface area contributed by atoms with Gasteiger partial charge in [-0.3, -0.25) is 4.90 Å². The highest BCUT2D eigenvalue weighted by Gasteiger charge is 2.45. The number of nitrogens with zero attached hydrogens (tertiary/aromatic N) is 1. The lowest BCUT2D eigenvalue weighted by molar-refractivity contribution is -0.0171. The van der Waals surface area contributed by atoms with Gasteiger partial charge in [0.25, 0.3) is 0 Å². The molecule has 0 aromatic heterocycles. The van der Waals surface area contributed by atoms with Crippen LogP contribution in [0.25, 0.3) is 0 Å². The van der Waals surface area contributed by atoms with Gasteiger partial charge in [-0.2, -0.15) is 0 Å². The van der Waals surface area contributed by atoms with Gasteiger partial charge in [0.15, 0.2) is 0 Å². The van der Waals surface area contributed by atoms with Crippen LogP contribution in [0, 0.1) is 6.92 Å². The number of aliphatic hydroxyl groups is 1. The summed E-state index contributed by atoms with van der Waals surface area (Å²) < 4.78 is 0. The fraction of sp³-hybridized carbons (Fsp3) is 0.667. The summed E-state index contributed by atoms with van der Waals surface area (Å²) in [5.74, 6) is 0. The van der Waals surface area contributed by atoms with Crippen LogP contribution in [0.3, 0.4) is 0 Å². The molecule has 1 aromatic carbocycles. The SMILES string of the molecule is Cc1ccc(CC(O)C2(N3CCCC3)CCCC2)cc1. The number of aliphatic hydroxyl groups excluding tert-OH is 1. The quantitative estimate of drug-likeness (QED) is 0.910. The van der Waals surface area contributed by atoms with Gasteiger partial charge in [0.2, 0.25) is 0 Å². The molecule has 2 heteroatoms. The van der Waals surface area contributed by atoms with Crippen LogP contribution in [-0.2, 0) is 6.42 Å². The van der Waals surface area contributed by atoms with Crippen molar-refractivity contribution in [3.63, 3.8) is 0 Å². The van der Waals surface area contributed by atoms with E-state index in [2.05, 4.69) is 36.1 Å². The van der Waals surface area contributed by atoms with Gasteiger partial charge in [-0.15, -0.1) is 0 Å². The monoisotopic (exact) mass is 273 g/mol. The molecule has 1 saturated carbocycles. The van der Waals surface area contributed by atoms with E-state index in [0.29, 0.717) is 0 Å². The van der Waals surface area contributed by atoms with Crippen molar-refractivity contribution in [1.82, 2.24) is 4.90 Å². The molecule has 0 spiro atoms. The molecule has 1 atom stereocenters. The first-order valence-electron chi connectivity index (χ1n) is 8.19. The second-order valence-electron chi connectivity index (χ2n) is 6.71. The highest BCUT2D eigenvalue weighted by atomic mass is 16.3. The summed E-state index contributed by atoms with van der Waals surface area (Å²) in [4.78, 5) is 2.60. The molecule has 1 unspecified atom stereocenters. The van der Waals surface area contributed by atoms with Gasteiger partial charge in [-0.1, -0.05) is 42.7 Å². The van der Waals surface area contributed by atoms with E-state index in [1.807, 2.05) is 0 Å². The van der Waals surface area contributed by atoms with Crippen molar-refractivity contribution in [2.75, 3.05) is 13.1 Å². The molecule has 0 radical (unpaired) electrons. The maximum Gasteiger partial charge on any atom is 0.0764 e. The Labute approximate surface area is 122 Å². The van der Waals surface area contributed by atoms with Crippen molar-refractivity contribution >= 4 is 0 Å². The van der Waals surface area contributed by atoms with Gasteiger partial charge in [0, 0.05) is 12.0 Å². The van der Waals surface area contributed by atoms with Crippen LogP contribution in [0.15, 0.2) is 24.3 Å². The number of hydrogen-bond donors (Lipinski definition) is 1. The molecule has 1 N–H and O–H groups in total. The van der Waals surface area contributed by atoms with Crippen molar-refractivity contribution < 1.29 is 5.11 Å². The summed E-state index contributed by atoms with van der Waals surface area (Å²) in [5.41, 5.74) is 2.63. The van der Waals surface area contributed by atoms with E-state index in [1.165, 1.54) is 62.7 Å². The summed E-state index contributed by atoms with van der Waals surface area (Å²) in [5, 5.41) is 10.9. The molecule has 1 aromatic rings. The Kier molecular flexibility index (Phi) is 4.13. The minimum absolute atomic E-state index is 0.0708. The molecule has 20 heavy (non-hydrogen) atoms. The molecule has 1 aliphatic carbocycles. The lowest BCUT2D eigenvalue weighted by Crippen LogP contribution is -2.54. The van der Waals surface area contributed by atoms with Gasteiger partial charge in [0.05, 0.1) is 6.10 Å². The smallest absolute Gasteiger partial charge is 0.0764 e. The maximum absolute atomic E-state index is 10.9.